The SMILES string of the molecule is C=C(Br)COc1c(F)cccc1CC(C)N. The summed E-state index contributed by atoms with van der Waals surface area (Å²) in [5.74, 6) is -0.104. The molecule has 0 saturated carbocycles. The van der Waals surface area contributed by atoms with Gasteiger partial charge in [0.05, 0.1) is 0 Å². The fourth-order valence-electron chi connectivity index (χ4n) is 1.37. The number of rotatable bonds is 5. The zero-order valence-corrected chi connectivity index (χ0v) is 10.8. The molecule has 0 saturated heterocycles. The Kier molecular flexibility index (Phi) is 4.96. The van der Waals surface area contributed by atoms with Gasteiger partial charge in [-0.1, -0.05) is 34.6 Å². The number of benzene rings is 1. The highest BCUT2D eigenvalue weighted by Gasteiger charge is 2.11. The van der Waals surface area contributed by atoms with E-state index >= 15 is 0 Å². The van der Waals surface area contributed by atoms with E-state index in [9.17, 15) is 4.39 Å². The van der Waals surface area contributed by atoms with Gasteiger partial charge in [-0.05, 0) is 25.0 Å². The van der Waals surface area contributed by atoms with Crippen LogP contribution >= 0.6 is 15.9 Å². The summed E-state index contributed by atoms with van der Waals surface area (Å²) in [5.41, 5.74) is 6.48. The van der Waals surface area contributed by atoms with E-state index in [1.54, 1.807) is 6.07 Å². The summed E-state index contributed by atoms with van der Waals surface area (Å²) in [6.07, 6.45) is 0.585. The van der Waals surface area contributed by atoms with Crippen LogP contribution in [0.3, 0.4) is 0 Å². The fraction of sp³-hybridized carbons (Fsp3) is 0.333. The highest BCUT2D eigenvalue weighted by molar-refractivity contribution is 9.11. The topological polar surface area (TPSA) is 35.2 Å². The Morgan fingerprint density at radius 3 is 2.88 bits per heavy atom. The molecule has 1 aromatic carbocycles. The average molecular weight is 288 g/mol. The maximum atomic E-state index is 13.5. The van der Waals surface area contributed by atoms with Crippen LogP contribution in [-0.2, 0) is 6.42 Å². The lowest BCUT2D eigenvalue weighted by Gasteiger charge is -2.13. The molecular formula is C12H15BrFNO. The average Bonchev–Trinajstić information content (AvgIpc) is 2.15. The number of para-hydroxylation sites is 1. The Morgan fingerprint density at radius 2 is 2.31 bits per heavy atom. The standard InChI is InChI=1S/C12H15BrFNO/c1-8(13)7-16-12-10(6-9(2)15)4-3-5-11(12)14/h3-5,9H,1,6-7,15H2,2H3. The van der Waals surface area contributed by atoms with Gasteiger partial charge in [0.1, 0.15) is 6.61 Å². The van der Waals surface area contributed by atoms with E-state index in [4.69, 9.17) is 10.5 Å². The van der Waals surface area contributed by atoms with E-state index in [-0.39, 0.29) is 24.2 Å². The molecule has 0 amide bonds. The van der Waals surface area contributed by atoms with Crippen LogP contribution in [0, 0.1) is 5.82 Å². The molecule has 1 aromatic rings. The largest absolute Gasteiger partial charge is 0.485 e. The molecule has 2 N–H and O–H groups in total. The quantitative estimate of drug-likeness (QED) is 0.904. The molecule has 0 spiro atoms. The summed E-state index contributed by atoms with van der Waals surface area (Å²) < 4.78 is 19.6. The van der Waals surface area contributed by atoms with Crippen molar-refractivity contribution >= 4 is 15.9 Å². The molecule has 0 fully saturated rings. The second-order valence-corrected chi connectivity index (χ2v) is 4.84. The summed E-state index contributed by atoms with van der Waals surface area (Å²) in [4.78, 5) is 0. The lowest BCUT2D eigenvalue weighted by atomic mass is 10.1. The van der Waals surface area contributed by atoms with Crippen LogP contribution < -0.4 is 10.5 Å². The number of hydrogen-bond donors (Lipinski definition) is 1. The first-order valence-corrected chi connectivity index (χ1v) is 5.79. The lowest BCUT2D eigenvalue weighted by Crippen LogP contribution is -2.18. The zero-order chi connectivity index (χ0) is 12.1. The third-order valence-corrected chi connectivity index (χ3v) is 2.19. The van der Waals surface area contributed by atoms with Crippen molar-refractivity contribution in [2.45, 2.75) is 19.4 Å². The number of nitrogens with two attached hydrogens (primary N) is 1. The molecule has 16 heavy (non-hydrogen) atoms. The smallest absolute Gasteiger partial charge is 0.165 e. The second kappa shape index (κ2) is 6.01. The van der Waals surface area contributed by atoms with Gasteiger partial charge in [0, 0.05) is 10.5 Å². The number of ether oxygens (including phenoxy) is 1. The summed E-state index contributed by atoms with van der Waals surface area (Å²) in [6, 6.07) is 4.81. The van der Waals surface area contributed by atoms with Gasteiger partial charge in [0.2, 0.25) is 0 Å². The molecule has 0 aliphatic heterocycles. The Hall–Kier alpha value is -0.870. The van der Waals surface area contributed by atoms with E-state index < -0.39 is 0 Å². The minimum absolute atomic E-state index is 0.0312. The molecule has 0 bridgehead atoms. The minimum atomic E-state index is -0.369. The summed E-state index contributed by atoms with van der Waals surface area (Å²) in [5, 5.41) is 0. The first-order chi connectivity index (χ1) is 7.50. The highest BCUT2D eigenvalue weighted by Crippen LogP contribution is 2.24. The van der Waals surface area contributed by atoms with Crippen molar-refractivity contribution in [3.63, 3.8) is 0 Å². The molecule has 0 aliphatic rings. The zero-order valence-electron chi connectivity index (χ0n) is 9.17. The fourth-order valence-corrected chi connectivity index (χ4v) is 1.49. The van der Waals surface area contributed by atoms with Gasteiger partial charge in [-0.2, -0.15) is 0 Å². The molecule has 4 heteroatoms. The van der Waals surface area contributed by atoms with Crippen molar-refractivity contribution in [3.05, 3.63) is 40.6 Å². The molecule has 2 nitrogen and oxygen atoms in total. The van der Waals surface area contributed by atoms with Crippen LogP contribution in [-0.4, -0.2) is 12.6 Å². The Bertz CT molecular complexity index is 379. The van der Waals surface area contributed by atoms with Crippen LogP contribution in [0.5, 0.6) is 5.75 Å². The van der Waals surface area contributed by atoms with Crippen LogP contribution in [0.15, 0.2) is 29.3 Å². The Morgan fingerprint density at radius 1 is 1.62 bits per heavy atom. The molecule has 0 radical (unpaired) electrons. The second-order valence-electron chi connectivity index (χ2n) is 3.72. The molecular weight excluding hydrogens is 273 g/mol. The van der Waals surface area contributed by atoms with Gasteiger partial charge in [-0.15, -0.1) is 0 Å². The first kappa shape index (κ1) is 13.2. The van der Waals surface area contributed by atoms with Crippen molar-refractivity contribution in [2.24, 2.45) is 5.73 Å². The van der Waals surface area contributed by atoms with Gasteiger partial charge in [-0.25, -0.2) is 4.39 Å². The van der Waals surface area contributed by atoms with Gasteiger partial charge >= 0.3 is 0 Å². The molecule has 0 aromatic heterocycles. The van der Waals surface area contributed by atoms with E-state index in [0.717, 1.165) is 5.56 Å². The predicted molar refractivity (Wildman–Crippen MR) is 67.3 cm³/mol. The van der Waals surface area contributed by atoms with Crippen molar-refractivity contribution in [1.29, 1.82) is 0 Å². The predicted octanol–water partition coefficient (Wildman–Crippen LogP) is 3.00. The van der Waals surface area contributed by atoms with Crippen LogP contribution in [0.4, 0.5) is 4.39 Å². The number of halogens is 2. The van der Waals surface area contributed by atoms with Crippen LogP contribution in [0.1, 0.15) is 12.5 Å². The first-order valence-electron chi connectivity index (χ1n) is 4.99. The van der Waals surface area contributed by atoms with E-state index in [2.05, 4.69) is 22.5 Å². The molecule has 0 aliphatic carbocycles. The van der Waals surface area contributed by atoms with Crippen LogP contribution in [0.2, 0.25) is 0 Å². The summed E-state index contributed by atoms with van der Waals surface area (Å²) in [6.45, 7) is 5.75. The molecule has 1 unspecified atom stereocenters. The third kappa shape index (κ3) is 3.94. The third-order valence-electron chi connectivity index (χ3n) is 1.96. The summed E-state index contributed by atoms with van der Waals surface area (Å²) >= 11 is 3.17. The van der Waals surface area contributed by atoms with Crippen LogP contribution in [0.25, 0.3) is 0 Å². The van der Waals surface area contributed by atoms with E-state index in [1.165, 1.54) is 6.07 Å². The molecule has 1 rings (SSSR count). The molecule has 88 valence electrons. The van der Waals surface area contributed by atoms with Gasteiger partial charge in [0.15, 0.2) is 11.6 Å². The van der Waals surface area contributed by atoms with Crippen molar-refractivity contribution in [3.8, 4) is 5.75 Å². The lowest BCUT2D eigenvalue weighted by molar-refractivity contribution is 0.335. The maximum absolute atomic E-state index is 13.5. The van der Waals surface area contributed by atoms with Gasteiger partial charge in [-0.3, -0.25) is 0 Å². The minimum Gasteiger partial charge on any atom is -0.485 e. The molecule has 0 heterocycles. The summed E-state index contributed by atoms with van der Waals surface area (Å²) in [7, 11) is 0. The van der Waals surface area contributed by atoms with Crippen molar-refractivity contribution in [2.75, 3.05) is 6.61 Å². The monoisotopic (exact) mass is 287 g/mol. The van der Waals surface area contributed by atoms with Gasteiger partial charge in [0.25, 0.3) is 0 Å². The Labute approximate surface area is 103 Å². The van der Waals surface area contributed by atoms with Gasteiger partial charge < -0.3 is 10.5 Å². The van der Waals surface area contributed by atoms with E-state index in [0.29, 0.717) is 10.9 Å². The maximum Gasteiger partial charge on any atom is 0.165 e. The van der Waals surface area contributed by atoms with Crippen molar-refractivity contribution < 1.29 is 9.13 Å². The normalized spacial score (nSPS) is 12.2. The number of hydrogen-bond acceptors (Lipinski definition) is 2. The van der Waals surface area contributed by atoms with E-state index in [1.807, 2.05) is 13.0 Å². The van der Waals surface area contributed by atoms with Crippen molar-refractivity contribution in [1.82, 2.24) is 0 Å². The highest BCUT2D eigenvalue weighted by atomic mass is 79.9. The Balaban J connectivity index is 2.89. The molecule has 1 atom stereocenters.